The molecule has 0 unspecified atom stereocenters. The van der Waals surface area contributed by atoms with Crippen LogP contribution < -0.4 is 5.32 Å². The molecule has 1 aliphatic rings. The molecule has 4 nitrogen and oxygen atoms in total. The normalized spacial score (nSPS) is 25.3. The number of rotatable bonds is 1. The molecule has 62 valence electrons. The number of hydrogen-bond acceptors (Lipinski definition) is 2. The largest absolute Gasteiger partial charge is 0.327 e. The fourth-order valence-electron chi connectivity index (χ4n) is 1.11. The molecular formula is C7H12N2O2. The molecule has 1 aliphatic heterocycles. The van der Waals surface area contributed by atoms with E-state index in [2.05, 4.69) is 5.32 Å². The van der Waals surface area contributed by atoms with Crippen LogP contribution in [0.1, 0.15) is 13.3 Å². The Morgan fingerprint density at radius 3 is 2.82 bits per heavy atom. The van der Waals surface area contributed by atoms with Crippen molar-refractivity contribution in [1.82, 2.24) is 10.2 Å². The molecule has 0 bridgehead atoms. The van der Waals surface area contributed by atoms with E-state index in [1.54, 1.807) is 7.05 Å². The van der Waals surface area contributed by atoms with Crippen LogP contribution in [0.4, 0.5) is 4.79 Å². The third kappa shape index (κ3) is 1.50. The van der Waals surface area contributed by atoms with Crippen molar-refractivity contribution in [3.63, 3.8) is 0 Å². The number of nitrogens with zero attached hydrogens (tertiary/aromatic N) is 1. The first-order chi connectivity index (χ1) is 5.15. The Balaban J connectivity index is 2.62. The highest BCUT2D eigenvalue weighted by Crippen LogP contribution is 2.09. The quantitative estimate of drug-likeness (QED) is 0.589. The van der Waals surface area contributed by atoms with Crippen LogP contribution in [0.25, 0.3) is 0 Å². The summed E-state index contributed by atoms with van der Waals surface area (Å²) in [6.07, 6.45) is 0.781. The Morgan fingerprint density at radius 2 is 2.27 bits per heavy atom. The molecule has 1 saturated heterocycles. The number of amides is 3. The Morgan fingerprint density at radius 1 is 1.64 bits per heavy atom. The third-order valence-corrected chi connectivity index (χ3v) is 1.93. The first-order valence-corrected chi connectivity index (χ1v) is 3.71. The van der Waals surface area contributed by atoms with Crippen LogP contribution in [0.2, 0.25) is 0 Å². The first kappa shape index (κ1) is 8.04. The minimum Gasteiger partial charge on any atom is -0.327 e. The Kier molecular flexibility index (Phi) is 2.12. The lowest BCUT2D eigenvalue weighted by Gasteiger charge is -2.28. The molecule has 1 atom stereocenters. The van der Waals surface area contributed by atoms with Crippen LogP contribution in [-0.4, -0.2) is 30.4 Å². The molecule has 1 rings (SSSR count). The lowest BCUT2D eigenvalue weighted by atomic mass is 10.0. The van der Waals surface area contributed by atoms with Crippen molar-refractivity contribution in [3.8, 4) is 0 Å². The van der Waals surface area contributed by atoms with Gasteiger partial charge in [0.2, 0.25) is 5.91 Å². The van der Waals surface area contributed by atoms with Gasteiger partial charge >= 0.3 is 6.03 Å². The highest BCUT2D eigenvalue weighted by molar-refractivity contribution is 5.97. The van der Waals surface area contributed by atoms with E-state index >= 15 is 0 Å². The number of nitrogens with one attached hydrogen (secondary N) is 1. The summed E-state index contributed by atoms with van der Waals surface area (Å²) in [7, 11) is 1.68. The van der Waals surface area contributed by atoms with Crippen molar-refractivity contribution in [1.29, 1.82) is 0 Å². The van der Waals surface area contributed by atoms with Crippen LogP contribution in [0, 0.1) is 5.92 Å². The van der Waals surface area contributed by atoms with Gasteiger partial charge in [-0.2, -0.15) is 0 Å². The van der Waals surface area contributed by atoms with Crippen molar-refractivity contribution in [2.75, 3.05) is 13.6 Å². The van der Waals surface area contributed by atoms with Gasteiger partial charge in [0.1, 0.15) is 0 Å². The average Bonchev–Trinajstić information content (AvgIpc) is 1.97. The Labute approximate surface area is 65.6 Å². The highest BCUT2D eigenvalue weighted by Gasteiger charge is 2.28. The first-order valence-electron chi connectivity index (χ1n) is 3.71. The summed E-state index contributed by atoms with van der Waals surface area (Å²) in [5, 5.41) is 2.28. The van der Waals surface area contributed by atoms with Crippen molar-refractivity contribution in [2.24, 2.45) is 5.92 Å². The lowest BCUT2D eigenvalue weighted by Crippen LogP contribution is -2.52. The second-order valence-corrected chi connectivity index (χ2v) is 2.78. The lowest BCUT2D eigenvalue weighted by molar-refractivity contribution is -0.125. The molecule has 0 radical (unpaired) electrons. The molecule has 4 heteroatoms. The predicted octanol–water partition coefficient (Wildman–Crippen LogP) is 0.194. The maximum Gasteiger partial charge on any atom is 0.323 e. The number of imide groups is 1. The van der Waals surface area contributed by atoms with Gasteiger partial charge in [0, 0.05) is 13.6 Å². The van der Waals surface area contributed by atoms with E-state index in [0.29, 0.717) is 6.54 Å². The summed E-state index contributed by atoms with van der Waals surface area (Å²) in [6.45, 7) is 2.48. The van der Waals surface area contributed by atoms with Gasteiger partial charge in [-0.3, -0.25) is 10.1 Å². The standard InChI is InChI=1S/C7H12N2O2/c1-3-5-4-9(2)7(11)8-6(5)10/h5H,3-4H2,1-2H3,(H,8,10,11)/t5-/m1/s1. The number of carbonyl (C=O) groups is 2. The van der Waals surface area contributed by atoms with Gasteiger partial charge in [-0.25, -0.2) is 4.79 Å². The van der Waals surface area contributed by atoms with Crippen LogP contribution in [0.5, 0.6) is 0 Å². The topological polar surface area (TPSA) is 49.4 Å². The molecule has 0 spiro atoms. The number of hydrogen-bond donors (Lipinski definition) is 1. The van der Waals surface area contributed by atoms with Crippen molar-refractivity contribution in [2.45, 2.75) is 13.3 Å². The summed E-state index contributed by atoms with van der Waals surface area (Å²) >= 11 is 0. The maximum absolute atomic E-state index is 11.0. The maximum atomic E-state index is 11.0. The van der Waals surface area contributed by atoms with E-state index in [1.165, 1.54) is 4.90 Å². The van der Waals surface area contributed by atoms with E-state index < -0.39 is 0 Å². The smallest absolute Gasteiger partial charge is 0.323 e. The van der Waals surface area contributed by atoms with Gasteiger partial charge in [-0.05, 0) is 6.42 Å². The third-order valence-electron chi connectivity index (χ3n) is 1.93. The van der Waals surface area contributed by atoms with E-state index in [9.17, 15) is 9.59 Å². The second-order valence-electron chi connectivity index (χ2n) is 2.78. The zero-order valence-electron chi connectivity index (χ0n) is 6.76. The van der Waals surface area contributed by atoms with Crippen LogP contribution >= 0.6 is 0 Å². The SMILES string of the molecule is CC[C@@H]1CN(C)C(=O)NC1=O. The van der Waals surface area contributed by atoms with Gasteiger partial charge in [0.15, 0.2) is 0 Å². The number of carbonyl (C=O) groups excluding carboxylic acids is 2. The zero-order valence-corrected chi connectivity index (χ0v) is 6.76. The minimum atomic E-state index is -0.292. The molecule has 1 heterocycles. The van der Waals surface area contributed by atoms with Gasteiger partial charge in [-0.15, -0.1) is 0 Å². The molecule has 0 aromatic rings. The molecule has 1 fully saturated rings. The second kappa shape index (κ2) is 2.90. The molecular weight excluding hydrogens is 144 g/mol. The van der Waals surface area contributed by atoms with E-state index in [4.69, 9.17) is 0 Å². The zero-order chi connectivity index (χ0) is 8.43. The summed E-state index contributed by atoms with van der Waals surface area (Å²) in [5.74, 6) is -0.173. The molecule has 0 saturated carbocycles. The van der Waals surface area contributed by atoms with Crippen molar-refractivity contribution in [3.05, 3.63) is 0 Å². The van der Waals surface area contributed by atoms with Gasteiger partial charge < -0.3 is 4.90 Å². The van der Waals surface area contributed by atoms with E-state index in [0.717, 1.165) is 6.42 Å². The van der Waals surface area contributed by atoms with E-state index in [-0.39, 0.29) is 17.9 Å². The van der Waals surface area contributed by atoms with Gasteiger partial charge in [0.05, 0.1) is 5.92 Å². The van der Waals surface area contributed by atoms with Crippen LogP contribution in [0.15, 0.2) is 0 Å². The van der Waals surface area contributed by atoms with Crippen LogP contribution in [0.3, 0.4) is 0 Å². The summed E-state index contributed by atoms with van der Waals surface area (Å²) in [5.41, 5.74) is 0. The average molecular weight is 156 g/mol. The van der Waals surface area contributed by atoms with Crippen molar-refractivity contribution >= 4 is 11.9 Å². The summed E-state index contributed by atoms with van der Waals surface area (Å²) in [6, 6.07) is -0.292. The minimum absolute atomic E-state index is 0.0299. The van der Waals surface area contributed by atoms with Crippen LogP contribution in [-0.2, 0) is 4.79 Å². The monoisotopic (exact) mass is 156 g/mol. The highest BCUT2D eigenvalue weighted by atomic mass is 16.2. The Bertz CT molecular complexity index is 191. The molecule has 3 amide bonds. The van der Waals surface area contributed by atoms with E-state index in [1.807, 2.05) is 6.92 Å². The Hall–Kier alpha value is -1.06. The summed E-state index contributed by atoms with van der Waals surface area (Å²) in [4.78, 5) is 23.4. The number of urea groups is 1. The van der Waals surface area contributed by atoms with Crippen molar-refractivity contribution < 1.29 is 9.59 Å². The van der Waals surface area contributed by atoms with Gasteiger partial charge in [-0.1, -0.05) is 6.92 Å². The molecule has 0 aliphatic carbocycles. The fourth-order valence-corrected chi connectivity index (χ4v) is 1.11. The molecule has 11 heavy (non-hydrogen) atoms. The van der Waals surface area contributed by atoms with Gasteiger partial charge in [0.25, 0.3) is 0 Å². The summed E-state index contributed by atoms with van der Waals surface area (Å²) < 4.78 is 0. The molecule has 0 aromatic heterocycles. The molecule has 1 N–H and O–H groups in total. The predicted molar refractivity (Wildman–Crippen MR) is 39.9 cm³/mol. The molecule has 0 aromatic carbocycles. The fraction of sp³-hybridized carbons (Fsp3) is 0.714.